The van der Waals surface area contributed by atoms with Gasteiger partial charge in [-0.05, 0) is 48.4 Å². The Bertz CT molecular complexity index is 1460. The Hall–Kier alpha value is -4.35. The van der Waals surface area contributed by atoms with Gasteiger partial charge in [-0.3, -0.25) is 4.79 Å². The van der Waals surface area contributed by atoms with Gasteiger partial charge in [-0.15, -0.1) is 0 Å². The molecule has 0 radical (unpaired) electrons. The van der Waals surface area contributed by atoms with E-state index >= 15 is 0 Å². The summed E-state index contributed by atoms with van der Waals surface area (Å²) >= 11 is 0. The van der Waals surface area contributed by atoms with Gasteiger partial charge in [0.15, 0.2) is 0 Å². The molecule has 0 spiro atoms. The molecule has 1 fully saturated rings. The Morgan fingerprint density at radius 2 is 2.00 bits per heavy atom. The zero-order chi connectivity index (χ0) is 26.6. The first-order valence-corrected chi connectivity index (χ1v) is 11.8. The molecule has 1 unspecified atom stereocenters. The van der Waals surface area contributed by atoms with Crippen molar-refractivity contribution in [3.63, 3.8) is 0 Å². The summed E-state index contributed by atoms with van der Waals surface area (Å²) in [7, 11) is 0. The first-order valence-electron chi connectivity index (χ1n) is 11.8. The van der Waals surface area contributed by atoms with Crippen LogP contribution in [0.1, 0.15) is 34.6 Å². The third-order valence-corrected chi connectivity index (χ3v) is 6.77. The number of benzene rings is 2. The van der Waals surface area contributed by atoms with E-state index in [4.69, 9.17) is 9.47 Å². The molecule has 0 saturated heterocycles. The first kappa shape index (κ1) is 24.0. The van der Waals surface area contributed by atoms with E-state index in [9.17, 15) is 27.2 Å². The van der Waals surface area contributed by atoms with Gasteiger partial charge >= 0.3 is 12.2 Å². The Kier molecular flexibility index (Phi) is 5.62. The SMILES string of the molecule is O=C1CCc2c(Oc3ccc4c(c3)[C@H]3C(NC(=O)NCc5ccc(F)cc5C(F)(F)F)[C@H]3O4)ccnc2N1. The van der Waals surface area contributed by atoms with Gasteiger partial charge in [0, 0.05) is 30.3 Å². The summed E-state index contributed by atoms with van der Waals surface area (Å²) < 4.78 is 64.9. The molecule has 3 amide bonds. The molecule has 196 valence electrons. The zero-order valence-corrected chi connectivity index (χ0v) is 19.6. The van der Waals surface area contributed by atoms with Crippen molar-refractivity contribution >= 4 is 17.8 Å². The summed E-state index contributed by atoms with van der Waals surface area (Å²) in [5.74, 6) is 1.02. The van der Waals surface area contributed by atoms with Gasteiger partial charge in [0.2, 0.25) is 5.91 Å². The van der Waals surface area contributed by atoms with Gasteiger partial charge < -0.3 is 25.4 Å². The summed E-state index contributed by atoms with van der Waals surface area (Å²) in [5, 5.41) is 7.86. The van der Waals surface area contributed by atoms with E-state index in [1.165, 1.54) is 0 Å². The van der Waals surface area contributed by atoms with Crippen LogP contribution in [0.25, 0.3) is 0 Å². The molecule has 2 aliphatic heterocycles. The summed E-state index contributed by atoms with van der Waals surface area (Å²) in [6.07, 6.45) is -2.65. The quantitative estimate of drug-likeness (QED) is 0.419. The van der Waals surface area contributed by atoms with Crippen LogP contribution in [0.5, 0.6) is 17.2 Å². The standard InChI is InChI=1S/C26H20F4N4O4/c27-13-2-1-12(17(9-13)26(28,29)30)11-32-25(36)34-22-21-16-10-14(3-5-18(16)38-23(21)22)37-19-7-8-31-24-15(19)4-6-20(35)33-24/h1-3,5,7-10,21-23H,4,6,11H2,(H,31,33,35)(H2,32,34,36)/t21-,22?,23-/m0/s1. The van der Waals surface area contributed by atoms with E-state index in [1.54, 1.807) is 24.4 Å². The van der Waals surface area contributed by atoms with Crippen molar-refractivity contribution in [1.29, 1.82) is 0 Å². The fraction of sp³-hybridized carbons (Fsp3) is 0.269. The van der Waals surface area contributed by atoms with Crippen LogP contribution in [0.4, 0.5) is 28.2 Å². The largest absolute Gasteiger partial charge is 0.487 e. The minimum absolute atomic E-state index is 0.0994. The molecule has 3 heterocycles. The number of alkyl halides is 3. The molecule has 12 heteroatoms. The highest BCUT2D eigenvalue weighted by Crippen LogP contribution is 2.54. The molecule has 3 atom stereocenters. The number of hydrogen-bond donors (Lipinski definition) is 3. The number of anilines is 1. The van der Waals surface area contributed by atoms with Crippen molar-refractivity contribution in [2.24, 2.45) is 0 Å². The number of ether oxygens (including phenoxy) is 2. The number of pyridine rings is 1. The Balaban J connectivity index is 1.10. The van der Waals surface area contributed by atoms with Gasteiger partial charge in [-0.25, -0.2) is 14.2 Å². The van der Waals surface area contributed by atoms with Crippen LogP contribution in [-0.4, -0.2) is 29.1 Å². The number of rotatable bonds is 5. The number of carbonyl (C=O) groups is 2. The summed E-state index contributed by atoms with van der Waals surface area (Å²) in [5.41, 5.74) is 0.265. The Morgan fingerprint density at radius 3 is 2.82 bits per heavy atom. The Labute approximate surface area is 213 Å². The molecular weight excluding hydrogens is 508 g/mol. The third kappa shape index (κ3) is 4.46. The number of nitrogens with zero attached hydrogens (tertiary/aromatic N) is 1. The summed E-state index contributed by atoms with van der Waals surface area (Å²) in [6.45, 7) is -0.421. The minimum atomic E-state index is -4.75. The number of amides is 3. The highest BCUT2D eigenvalue weighted by molar-refractivity contribution is 5.93. The number of halogens is 4. The zero-order valence-electron chi connectivity index (χ0n) is 19.6. The van der Waals surface area contributed by atoms with Crippen LogP contribution in [-0.2, 0) is 23.9 Å². The molecular formula is C26H20F4N4O4. The maximum absolute atomic E-state index is 13.3. The lowest BCUT2D eigenvalue weighted by molar-refractivity contribution is -0.138. The number of hydrogen-bond acceptors (Lipinski definition) is 5. The van der Waals surface area contributed by atoms with E-state index in [0.717, 1.165) is 23.3 Å². The second-order valence-electron chi connectivity index (χ2n) is 9.25. The fourth-order valence-corrected chi connectivity index (χ4v) is 4.90. The molecule has 3 aromatic rings. The lowest BCUT2D eigenvalue weighted by Gasteiger charge is -2.19. The molecule has 6 rings (SSSR count). The van der Waals surface area contributed by atoms with E-state index in [-0.39, 0.29) is 29.5 Å². The van der Waals surface area contributed by atoms with Crippen LogP contribution >= 0.6 is 0 Å². The molecule has 38 heavy (non-hydrogen) atoms. The number of aromatic nitrogens is 1. The van der Waals surface area contributed by atoms with Crippen molar-refractivity contribution in [2.75, 3.05) is 5.32 Å². The highest BCUT2D eigenvalue weighted by Gasteiger charge is 2.59. The summed E-state index contributed by atoms with van der Waals surface area (Å²) in [4.78, 5) is 28.3. The Morgan fingerprint density at radius 1 is 1.16 bits per heavy atom. The van der Waals surface area contributed by atoms with Gasteiger partial charge in [-0.2, -0.15) is 13.2 Å². The lowest BCUT2D eigenvalue weighted by atomic mass is 10.1. The average molecular weight is 528 g/mol. The van der Waals surface area contributed by atoms with E-state index in [2.05, 4.69) is 20.9 Å². The predicted molar refractivity (Wildman–Crippen MR) is 125 cm³/mol. The third-order valence-electron chi connectivity index (χ3n) is 6.77. The van der Waals surface area contributed by atoms with Gasteiger partial charge in [-0.1, -0.05) is 6.07 Å². The van der Waals surface area contributed by atoms with Crippen LogP contribution < -0.4 is 25.4 Å². The van der Waals surface area contributed by atoms with E-state index in [1.807, 2.05) is 6.07 Å². The average Bonchev–Trinajstić information content (AvgIpc) is 3.38. The van der Waals surface area contributed by atoms with E-state index < -0.39 is 30.1 Å². The van der Waals surface area contributed by atoms with Crippen LogP contribution in [0.2, 0.25) is 0 Å². The number of carbonyl (C=O) groups excluding carboxylic acids is 2. The van der Waals surface area contributed by atoms with Crippen molar-refractivity contribution in [3.05, 3.63) is 76.7 Å². The lowest BCUT2D eigenvalue weighted by Crippen LogP contribution is -2.39. The highest BCUT2D eigenvalue weighted by atomic mass is 19.4. The molecule has 1 aromatic heterocycles. The second kappa shape index (κ2) is 8.89. The molecule has 0 bridgehead atoms. The van der Waals surface area contributed by atoms with Gasteiger partial charge in [0.25, 0.3) is 0 Å². The fourth-order valence-electron chi connectivity index (χ4n) is 4.90. The normalized spacial score (nSPS) is 20.8. The van der Waals surface area contributed by atoms with Gasteiger partial charge in [0.05, 0.1) is 17.5 Å². The van der Waals surface area contributed by atoms with Gasteiger partial charge in [0.1, 0.15) is 35.0 Å². The van der Waals surface area contributed by atoms with Crippen molar-refractivity contribution in [2.45, 2.75) is 43.6 Å². The molecule has 1 saturated carbocycles. The second-order valence-corrected chi connectivity index (χ2v) is 9.25. The molecule has 3 N–H and O–H groups in total. The molecule has 8 nitrogen and oxygen atoms in total. The first-order chi connectivity index (χ1) is 18.2. The van der Waals surface area contributed by atoms with Crippen molar-refractivity contribution < 1.29 is 36.6 Å². The maximum atomic E-state index is 13.3. The summed E-state index contributed by atoms with van der Waals surface area (Å²) in [6, 6.07) is 8.37. The maximum Gasteiger partial charge on any atom is 0.416 e. The number of nitrogens with one attached hydrogen (secondary N) is 3. The van der Waals surface area contributed by atoms with Crippen LogP contribution in [0.15, 0.2) is 48.7 Å². The molecule has 2 aromatic carbocycles. The monoisotopic (exact) mass is 528 g/mol. The molecule has 3 aliphatic rings. The van der Waals surface area contributed by atoms with Crippen molar-refractivity contribution in [3.8, 4) is 17.2 Å². The van der Waals surface area contributed by atoms with Crippen LogP contribution in [0.3, 0.4) is 0 Å². The van der Waals surface area contributed by atoms with Crippen LogP contribution in [0, 0.1) is 5.82 Å². The minimum Gasteiger partial charge on any atom is -0.487 e. The smallest absolute Gasteiger partial charge is 0.416 e. The van der Waals surface area contributed by atoms with E-state index in [0.29, 0.717) is 42.0 Å². The number of fused-ring (bicyclic) bond motifs is 4. The number of urea groups is 1. The van der Waals surface area contributed by atoms with Crippen molar-refractivity contribution in [1.82, 2.24) is 15.6 Å². The molecule has 1 aliphatic carbocycles. The topological polar surface area (TPSA) is 102 Å². The predicted octanol–water partition coefficient (Wildman–Crippen LogP) is 4.64.